The molecule has 4 aromatic rings. The highest BCUT2D eigenvalue weighted by Crippen LogP contribution is 2.26. The Balaban J connectivity index is 1.53. The van der Waals surface area contributed by atoms with Crippen molar-refractivity contribution in [3.63, 3.8) is 0 Å². The van der Waals surface area contributed by atoms with Gasteiger partial charge in [-0.1, -0.05) is 66.7 Å². The van der Waals surface area contributed by atoms with Crippen molar-refractivity contribution in [1.29, 1.82) is 0 Å². The zero-order chi connectivity index (χ0) is 27.8. The molecule has 0 heterocycles. The van der Waals surface area contributed by atoms with Gasteiger partial charge < -0.3 is 10.6 Å². The molecule has 0 aliphatic heterocycles. The number of aryl methyl sites for hydroxylation is 2. The Morgan fingerprint density at radius 2 is 1.41 bits per heavy atom. The first-order chi connectivity index (χ1) is 18.8. The lowest BCUT2D eigenvalue weighted by Gasteiger charge is -2.25. The number of benzene rings is 4. The molecule has 0 aliphatic carbocycles. The number of hydrogen-bond donors (Lipinski definition) is 2. The van der Waals surface area contributed by atoms with Crippen LogP contribution >= 0.6 is 0 Å². The average molecular weight is 542 g/mol. The van der Waals surface area contributed by atoms with Crippen LogP contribution in [-0.4, -0.2) is 33.3 Å². The van der Waals surface area contributed by atoms with Crippen molar-refractivity contribution in [2.45, 2.75) is 25.2 Å². The smallest absolute Gasteiger partial charge is 0.264 e. The summed E-state index contributed by atoms with van der Waals surface area (Å²) in [5.74, 6) is -0.901. The van der Waals surface area contributed by atoms with E-state index >= 15 is 0 Å². The fraction of sp³-hybridized carbons (Fsp3) is 0.161. The predicted octanol–water partition coefficient (Wildman–Crippen LogP) is 5.11. The molecule has 0 fully saturated rings. The van der Waals surface area contributed by atoms with Gasteiger partial charge in [-0.3, -0.25) is 13.9 Å². The molecule has 0 spiro atoms. The van der Waals surface area contributed by atoms with Gasteiger partial charge in [0.25, 0.3) is 15.9 Å². The van der Waals surface area contributed by atoms with E-state index < -0.39 is 22.5 Å². The summed E-state index contributed by atoms with van der Waals surface area (Å²) >= 11 is 0. The van der Waals surface area contributed by atoms with E-state index in [1.165, 1.54) is 12.1 Å². The number of rotatable bonds is 10. The first-order valence-electron chi connectivity index (χ1n) is 12.6. The van der Waals surface area contributed by atoms with Gasteiger partial charge in [-0.25, -0.2) is 8.42 Å². The van der Waals surface area contributed by atoms with E-state index in [4.69, 9.17) is 0 Å². The first kappa shape index (κ1) is 27.6. The van der Waals surface area contributed by atoms with Crippen molar-refractivity contribution in [3.8, 4) is 0 Å². The quantitative estimate of drug-likeness (QED) is 0.292. The standard InChI is InChI=1S/C31H31N3O4S/c1-23-17-18-26(21-24(23)2)34(39(37,38)27-13-7-4-8-14-27)22-30(35)33-29-16-10-9-15-28(29)31(36)32-20-19-25-11-5-3-6-12-25/h3-18,21H,19-20,22H2,1-2H3,(H,32,36)(H,33,35). The van der Waals surface area contributed by atoms with E-state index in [2.05, 4.69) is 10.6 Å². The summed E-state index contributed by atoms with van der Waals surface area (Å²) in [6.45, 7) is 3.78. The number of amides is 2. The monoisotopic (exact) mass is 541 g/mol. The predicted molar refractivity (Wildman–Crippen MR) is 154 cm³/mol. The van der Waals surface area contributed by atoms with Gasteiger partial charge >= 0.3 is 0 Å². The SMILES string of the molecule is Cc1ccc(N(CC(=O)Nc2ccccc2C(=O)NCCc2ccccc2)S(=O)(=O)c2ccccc2)cc1C. The summed E-state index contributed by atoms with van der Waals surface area (Å²) in [5, 5.41) is 5.63. The number of sulfonamides is 1. The summed E-state index contributed by atoms with van der Waals surface area (Å²) < 4.78 is 28.3. The number of carbonyl (C=O) groups is 2. The maximum absolute atomic E-state index is 13.6. The van der Waals surface area contributed by atoms with Crippen molar-refractivity contribution < 1.29 is 18.0 Å². The molecule has 0 saturated heterocycles. The molecule has 8 heteroatoms. The Hall–Kier alpha value is -4.43. The third-order valence-corrected chi connectivity index (χ3v) is 8.17. The number of anilines is 2. The lowest BCUT2D eigenvalue weighted by molar-refractivity contribution is -0.114. The van der Waals surface area contributed by atoms with Crippen LogP contribution in [0.2, 0.25) is 0 Å². The molecular formula is C31H31N3O4S. The molecule has 200 valence electrons. The van der Waals surface area contributed by atoms with Gasteiger partial charge in [0, 0.05) is 6.54 Å². The topological polar surface area (TPSA) is 95.6 Å². The average Bonchev–Trinajstić information content (AvgIpc) is 2.94. The Kier molecular flexibility index (Phi) is 8.78. The van der Waals surface area contributed by atoms with Gasteiger partial charge in [0.1, 0.15) is 6.54 Å². The molecule has 4 rings (SSSR count). The van der Waals surface area contributed by atoms with Crippen LogP contribution in [0.4, 0.5) is 11.4 Å². The van der Waals surface area contributed by atoms with E-state index in [0.717, 1.165) is 21.0 Å². The summed E-state index contributed by atoms with van der Waals surface area (Å²) in [4.78, 5) is 26.3. The van der Waals surface area contributed by atoms with Gasteiger partial charge in [-0.05, 0) is 73.4 Å². The highest BCUT2D eigenvalue weighted by atomic mass is 32.2. The Bertz CT molecular complexity index is 1560. The van der Waals surface area contributed by atoms with Crippen LogP contribution in [0.1, 0.15) is 27.0 Å². The molecule has 2 amide bonds. The van der Waals surface area contributed by atoms with Crippen molar-refractivity contribution in [3.05, 3.63) is 125 Å². The summed E-state index contributed by atoms with van der Waals surface area (Å²) in [5.41, 5.74) is 3.99. The van der Waals surface area contributed by atoms with Gasteiger partial charge in [-0.15, -0.1) is 0 Å². The highest BCUT2D eigenvalue weighted by molar-refractivity contribution is 7.92. The molecule has 39 heavy (non-hydrogen) atoms. The fourth-order valence-corrected chi connectivity index (χ4v) is 5.52. The van der Waals surface area contributed by atoms with Crippen molar-refractivity contribution in [2.24, 2.45) is 0 Å². The molecule has 0 aliphatic rings. The largest absolute Gasteiger partial charge is 0.352 e. The Labute approximate surface area is 229 Å². The van der Waals surface area contributed by atoms with Crippen molar-refractivity contribution in [2.75, 3.05) is 22.7 Å². The van der Waals surface area contributed by atoms with E-state index in [9.17, 15) is 18.0 Å². The minimum absolute atomic E-state index is 0.0780. The van der Waals surface area contributed by atoms with Gasteiger partial charge in [0.15, 0.2) is 0 Å². The Morgan fingerprint density at radius 1 is 0.769 bits per heavy atom. The van der Waals surface area contributed by atoms with E-state index in [1.807, 2.05) is 50.2 Å². The van der Waals surface area contributed by atoms with Crippen molar-refractivity contribution in [1.82, 2.24) is 5.32 Å². The number of hydrogen-bond acceptors (Lipinski definition) is 4. The van der Waals surface area contributed by atoms with E-state index in [-0.39, 0.29) is 10.8 Å². The van der Waals surface area contributed by atoms with Crippen molar-refractivity contribution >= 4 is 33.2 Å². The molecule has 2 N–H and O–H groups in total. The highest BCUT2D eigenvalue weighted by Gasteiger charge is 2.28. The number of para-hydroxylation sites is 1. The minimum atomic E-state index is -4.04. The fourth-order valence-electron chi connectivity index (χ4n) is 4.09. The maximum atomic E-state index is 13.6. The van der Waals surface area contributed by atoms with E-state index in [0.29, 0.717) is 29.9 Å². The lowest BCUT2D eigenvalue weighted by Crippen LogP contribution is -2.38. The van der Waals surface area contributed by atoms with Gasteiger partial charge in [0.2, 0.25) is 5.91 Å². The second-order valence-electron chi connectivity index (χ2n) is 9.18. The molecule has 4 aromatic carbocycles. The second-order valence-corrected chi connectivity index (χ2v) is 11.0. The Morgan fingerprint density at radius 3 is 2.10 bits per heavy atom. The maximum Gasteiger partial charge on any atom is 0.264 e. The van der Waals surface area contributed by atoms with Crippen LogP contribution in [0.3, 0.4) is 0 Å². The molecule has 0 radical (unpaired) electrons. The summed E-state index contributed by atoms with van der Waals surface area (Å²) in [6.07, 6.45) is 0.670. The first-order valence-corrected chi connectivity index (χ1v) is 14.1. The molecule has 0 unspecified atom stereocenters. The molecule has 0 atom stereocenters. The minimum Gasteiger partial charge on any atom is -0.352 e. The summed E-state index contributed by atoms with van der Waals surface area (Å²) in [6, 6.07) is 29.7. The lowest BCUT2D eigenvalue weighted by atomic mass is 10.1. The van der Waals surface area contributed by atoms with Crippen LogP contribution in [0, 0.1) is 13.8 Å². The summed E-state index contributed by atoms with van der Waals surface area (Å²) in [7, 11) is -4.04. The molecular weight excluding hydrogens is 510 g/mol. The third-order valence-electron chi connectivity index (χ3n) is 6.38. The number of nitrogens with zero attached hydrogens (tertiary/aromatic N) is 1. The molecule has 7 nitrogen and oxygen atoms in total. The normalized spacial score (nSPS) is 11.0. The molecule has 0 bridgehead atoms. The van der Waals surface area contributed by atoms with E-state index in [1.54, 1.807) is 54.6 Å². The number of nitrogens with one attached hydrogen (secondary N) is 2. The molecule has 0 aromatic heterocycles. The second kappa shape index (κ2) is 12.4. The van der Waals surface area contributed by atoms with Crippen LogP contribution in [-0.2, 0) is 21.2 Å². The third kappa shape index (κ3) is 6.91. The van der Waals surface area contributed by atoms with Crippen LogP contribution in [0.15, 0.2) is 108 Å². The zero-order valence-corrected chi connectivity index (χ0v) is 22.7. The van der Waals surface area contributed by atoms with Gasteiger partial charge in [0.05, 0.1) is 21.8 Å². The van der Waals surface area contributed by atoms with Crippen LogP contribution in [0.5, 0.6) is 0 Å². The van der Waals surface area contributed by atoms with Crippen LogP contribution < -0.4 is 14.9 Å². The zero-order valence-electron chi connectivity index (χ0n) is 21.9. The van der Waals surface area contributed by atoms with Gasteiger partial charge in [-0.2, -0.15) is 0 Å². The molecule has 0 saturated carbocycles. The number of carbonyl (C=O) groups excluding carboxylic acids is 2. The van der Waals surface area contributed by atoms with Crippen LogP contribution in [0.25, 0.3) is 0 Å².